The van der Waals surface area contributed by atoms with Gasteiger partial charge in [-0.3, -0.25) is 0 Å². The average Bonchev–Trinajstić information content (AvgIpc) is 2.22. The van der Waals surface area contributed by atoms with Crippen LogP contribution < -0.4 is 5.32 Å². The zero-order valence-corrected chi connectivity index (χ0v) is 10.6. The Morgan fingerprint density at radius 1 is 1.47 bits per heavy atom. The average molecular weight is 307 g/mol. The SMILES string of the molecule is Cc1ccc(Br)cc1NCC(C#N)C(F)(F)F. The minimum absolute atomic E-state index is 0.447. The van der Waals surface area contributed by atoms with Crippen LogP contribution in [-0.4, -0.2) is 12.7 Å². The van der Waals surface area contributed by atoms with E-state index in [0.717, 1.165) is 10.0 Å². The highest BCUT2D eigenvalue weighted by atomic mass is 79.9. The van der Waals surface area contributed by atoms with Crippen molar-refractivity contribution in [3.63, 3.8) is 0 Å². The van der Waals surface area contributed by atoms with Crippen molar-refractivity contribution in [1.82, 2.24) is 0 Å². The maximum atomic E-state index is 12.3. The summed E-state index contributed by atoms with van der Waals surface area (Å²) in [4.78, 5) is 0. The highest BCUT2D eigenvalue weighted by molar-refractivity contribution is 9.10. The molecule has 0 aliphatic carbocycles. The molecular weight excluding hydrogens is 297 g/mol. The molecule has 1 unspecified atom stereocenters. The predicted octanol–water partition coefficient (Wildman–Crippen LogP) is 3.87. The highest BCUT2D eigenvalue weighted by Gasteiger charge is 2.39. The van der Waals surface area contributed by atoms with E-state index in [9.17, 15) is 13.2 Å². The summed E-state index contributed by atoms with van der Waals surface area (Å²) in [5, 5.41) is 11.1. The number of nitrogens with zero attached hydrogens (tertiary/aromatic N) is 1. The Morgan fingerprint density at radius 3 is 2.65 bits per heavy atom. The molecule has 0 spiro atoms. The number of rotatable bonds is 3. The molecule has 17 heavy (non-hydrogen) atoms. The second-order valence-electron chi connectivity index (χ2n) is 3.56. The Bertz CT molecular complexity index is 437. The van der Waals surface area contributed by atoms with E-state index in [1.807, 2.05) is 0 Å². The minimum atomic E-state index is -4.50. The number of halogens is 4. The van der Waals surface area contributed by atoms with E-state index in [1.165, 1.54) is 6.07 Å². The molecule has 6 heteroatoms. The lowest BCUT2D eigenvalue weighted by atomic mass is 10.1. The maximum Gasteiger partial charge on any atom is 0.406 e. The molecule has 0 aromatic heterocycles. The fourth-order valence-electron chi connectivity index (χ4n) is 1.23. The van der Waals surface area contributed by atoms with Gasteiger partial charge in [-0.05, 0) is 24.6 Å². The molecule has 1 aromatic carbocycles. The van der Waals surface area contributed by atoms with Crippen LogP contribution in [-0.2, 0) is 0 Å². The summed E-state index contributed by atoms with van der Waals surface area (Å²) in [6.45, 7) is 1.33. The van der Waals surface area contributed by atoms with Gasteiger partial charge in [-0.25, -0.2) is 0 Å². The van der Waals surface area contributed by atoms with Crippen LogP contribution in [0.2, 0.25) is 0 Å². The largest absolute Gasteiger partial charge is 0.406 e. The molecular formula is C11H10BrF3N2. The van der Waals surface area contributed by atoms with Crippen molar-refractivity contribution in [2.24, 2.45) is 5.92 Å². The molecule has 1 aromatic rings. The first-order chi connectivity index (χ1) is 7.84. The molecule has 92 valence electrons. The van der Waals surface area contributed by atoms with Crippen molar-refractivity contribution in [2.75, 3.05) is 11.9 Å². The summed E-state index contributed by atoms with van der Waals surface area (Å²) in [6.07, 6.45) is -4.50. The highest BCUT2D eigenvalue weighted by Crippen LogP contribution is 2.27. The first kappa shape index (κ1) is 13.8. The van der Waals surface area contributed by atoms with Gasteiger partial charge in [-0.1, -0.05) is 22.0 Å². The smallest absolute Gasteiger partial charge is 0.383 e. The fourth-order valence-corrected chi connectivity index (χ4v) is 1.59. The fraction of sp³-hybridized carbons (Fsp3) is 0.364. The topological polar surface area (TPSA) is 35.8 Å². The van der Waals surface area contributed by atoms with E-state index in [4.69, 9.17) is 5.26 Å². The van der Waals surface area contributed by atoms with E-state index >= 15 is 0 Å². The Hall–Kier alpha value is -1.22. The normalized spacial score (nSPS) is 12.9. The lowest BCUT2D eigenvalue weighted by Gasteiger charge is -2.16. The van der Waals surface area contributed by atoms with Crippen molar-refractivity contribution in [3.05, 3.63) is 28.2 Å². The standard InChI is InChI=1S/C11H10BrF3N2/c1-7-2-3-9(12)4-10(7)17-6-8(5-16)11(13,14)15/h2-4,8,17H,6H2,1H3. The van der Waals surface area contributed by atoms with Gasteiger partial charge in [0.2, 0.25) is 0 Å². The van der Waals surface area contributed by atoms with E-state index in [-0.39, 0.29) is 0 Å². The van der Waals surface area contributed by atoms with Gasteiger partial charge in [-0.15, -0.1) is 0 Å². The number of nitriles is 1. The number of aryl methyl sites for hydroxylation is 1. The Kier molecular flexibility index (Phi) is 4.40. The number of anilines is 1. The van der Waals surface area contributed by atoms with Gasteiger partial charge in [0, 0.05) is 16.7 Å². The van der Waals surface area contributed by atoms with E-state index in [2.05, 4.69) is 21.2 Å². The number of benzene rings is 1. The Morgan fingerprint density at radius 2 is 2.12 bits per heavy atom. The maximum absolute atomic E-state index is 12.3. The Labute approximate surface area is 106 Å². The monoisotopic (exact) mass is 306 g/mol. The van der Waals surface area contributed by atoms with Crippen molar-refractivity contribution in [2.45, 2.75) is 13.1 Å². The lowest BCUT2D eigenvalue weighted by molar-refractivity contribution is -0.155. The van der Waals surface area contributed by atoms with Crippen molar-refractivity contribution in [1.29, 1.82) is 5.26 Å². The summed E-state index contributed by atoms with van der Waals surface area (Å²) in [5.74, 6) is -2.00. The second-order valence-corrected chi connectivity index (χ2v) is 4.48. The number of nitrogens with one attached hydrogen (secondary N) is 1. The van der Waals surface area contributed by atoms with Crippen LogP contribution in [0.15, 0.2) is 22.7 Å². The summed E-state index contributed by atoms with van der Waals surface area (Å²) < 4.78 is 37.8. The van der Waals surface area contributed by atoms with Gasteiger partial charge in [0.15, 0.2) is 5.92 Å². The van der Waals surface area contributed by atoms with Gasteiger partial charge in [0.05, 0.1) is 6.07 Å². The van der Waals surface area contributed by atoms with Gasteiger partial charge < -0.3 is 5.32 Å². The van der Waals surface area contributed by atoms with E-state index in [0.29, 0.717) is 5.69 Å². The molecule has 0 aliphatic rings. The third-order valence-electron chi connectivity index (χ3n) is 2.25. The predicted molar refractivity (Wildman–Crippen MR) is 62.5 cm³/mol. The van der Waals surface area contributed by atoms with Crippen LogP contribution in [0.1, 0.15) is 5.56 Å². The van der Waals surface area contributed by atoms with Gasteiger partial charge in [-0.2, -0.15) is 18.4 Å². The quantitative estimate of drug-likeness (QED) is 0.920. The van der Waals surface area contributed by atoms with Crippen LogP contribution in [0.4, 0.5) is 18.9 Å². The van der Waals surface area contributed by atoms with Crippen LogP contribution in [0.3, 0.4) is 0 Å². The van der Waals surface area contributed by atoms with Crippen LogP contribution in [0.25, 0.3) is 0 Å². The van der Waals surface area contributed by atoms with E-state index < -0.39 is 18.6 Å². The molecule has 0 saturated heterocycles. The summed E-state index contributed by atoms with van der Waals surface area (Å²) in [6, 6.07) is 6.50. The molecule has 0 bridgehead atoms. The van der Waals surface area contributed by atoms with Crippen LogP contribution >= 0.6 is 15.9 Å². The lowest BCUT2D eigenvalue weighted by Crippen LogP contribution is -2.28. The van der Waals surface area contributed by atoms with Gasteiger partial charge >= 0.3 is 6.18 Å². The first-order valence-electron chi connectivity index (χ1n) is 4.81. The molecule has 0 amide bonds. The van der Waals surface area contributed by atoms with Gasteiger partial charge in [0.25, 0.3) is 0 Å². The van der Waals surface area contributed by atoms with Crippen molar-refractivity contribution in [3.8, 4) is 6.07 Å². The zero-order valence-electron chi connectivity index (χ0n) is 8.98. The second kappa shape index (κ2) is 5.41. The molecule has 1 atom stereocenters. The summed E-state index contributed by atoms with van der Waals surface area (Å²) >= 11 is 3.23. The third kappa shape index (κ3) is 3.93. The summed E-state index contributed by atoms with van der Waals surface area (Å²) in [5.41, 5.74) is 1.41. The van der Waals surface area contributed by atoms with Crippen molar-refractivity contribution < 1.29 is 13.2 Å². The van der Waals surface area contributed by atoms with Crippen molar-refractivity contribution >= 4 is 21.6 Å². The number of hydrogen-bond acceptors (Lipinski definition) is 2. The molecule has 2 nitrogen and oxygen atoms in total. The molecule has 1 rings (SSSR count). The third-order valence-corrected chi connectivity index (χ3v) is 2.74. The van der Waals surface area contributed by atoms with Crippen LogP contribution in [0, 0.1) is 24.2 Å². The van der Waals surface area contributed by atoms with Gasteiger partial charge in [0.1, 0.15) is 0 Å². The zero-order chi connectivity index (χ0) is 13.1. The minimum Gasteiger partial charge on any atom is -0.383 e. The molecule has 1 N–H and O–H groups in total. The molecule has 0 saturated carbocycles. The van der Waals surface area contributed by atoms with Crippen LogP contribution in [0.5, 0.6) is 0 Å². The molecule has 0 heterocycles. The number of alkyl halides is 3. The number of hydrogen-bond donors (Lipinski definition) is 1. The Balaban J connectivity index is 2.73. The molecule has 0 fully saturated rings. The first-order valence-corrected chi connectivity index (χ1v) is 5.60. The molecule has 0 aliphatic heterocycles. The summed E-state index contributed by atoms with van der Waals surface area (Å²) in [7, 11) is 0. The molecule has 0 radical (unpaired) electrons. The van der Waals surface area contributed by atoms with E-state index in [1.54, 1.807) is 25.1 Å².